The Morgan fingerprint density at radius 3 is 2.65 bits per heavy atom. The molecule has 3 aliphatic carbocycles. The molecule has 0 bridgehead atoms. The number of Topliss-reactive ketones (excluding diaryl/α,β-unsaturated/α-hetero) is 1. The van der Waals surface area contributed by atoms with Crippen molar-refractivity contribution in [3.05, 3.63) is 35.5 Å². The van der Waals surface area contributed by atoms with Crippen LogP contribution in [0.25, 0.3) is 0 Å². The maximum Gasteiger partial charge on any atom is 0.138 e. The van der Waals surface area contributed by atoms with Gasteiger partial charge in [-0.05, 0) is 92.1 Å². The van der Waals surface area contributed by atoms with Crippen LogP contribution >= 0.6 is 0 Å². The van der Waals surface area contributed by atoms with Gasteiger partial charge in [0.25, 0.3) is 0 Å². The summed E-state index contributed by atoms with van der Waals surface area (Å²) in [6, 6.07) is 0. The summed E-state index contributed by atoms with van der Waals surface area (Å²) in [6.07, 6.45) is 16.7. The number of rotatable bonds is 6. The molecule has 0 spiro atoms. The maximum atomic E-state index is 12.3. The van der Waals surface area contributed by atoms with Crippen molar-refractivity contribution in [2.45, 2.75) is 111 Å². The van der Waals surface area contributed by atoms with Crippen LogP contribution in [0, 0.1) is 28.6 Å². The number of ketones is 1. The van der Waals surface area contributed by atoms with Crippen molar-refractivity contribution in [2.75, 3.05) is 0 Å². The van der Waals surface area contributed by atoms with Gasteiger partial charge in [0.15, 0.2) is 0 Å². The first-order valence-corrected chi connectivity index (χ1v) is 12.8. The van der Waals surface area contributed by atoms with Gasteiger partial charge < -0.3 is 5.11 Å². The first kappa shape index (κ1) is 24.5. The molecule has 3 rings (SSSR count). The number of allylic oxidation sites excluding steroid dienone is 3. The van der Waals surface area contributed by atoms with Crippen LogP contribution in [0.5, 0.6) is 0 Å². The molecule has 2 nitrogen and oxygen atoms in total. The average molecular weight is 427 g/mol. The number of fused-ring (bicyclic) bond motifs is 1. The van der Waals surface area contributed by atoms with Gasteiger partial charge in [-0.3, -0.25) is 4.79 Å². The zero-order valence-corrected chi connectivity index (χ0v) is 20.8. The smallest absolute Gasteiger partial charge is 0.138 e. The van der Waals surface area contributed by atoms with Gasteiger partial charge in [0.2, 0.25) is 0 Å². The second kappa shape index (κ2) is 9.77. The first-order valence-electron chi connectivity index (χ1n) is 12.8. The summed E-state index contributed by atoms with van der Waals surface area (Å²) >= 11 is 0. The van der Waals surface area contributed by atoms with E-state index in [0.717, 1.165) is 43.6 Å². The lowest BCUT2D eigenvalue weighted by molar-refractivity contribution is -0.126. The number of hydrogen-bond donors (Lipinski definition) is 1. The Hall–Kier alpha value is -1.15. The lowest BCUT2D eigenvalue weighted by Crippen LogP contribution is -2.36. The Morgan fingerprint density at radius 2 is 1.94 bits per heavy atom. The first-order chi connectivity index (χ1) is 14.5. The molecule has 0 heterocycles. The van der Waals surface area contributed by atoms with E-state index in [-0.39, 0.29) is 11.5 Å². The Kier molecular flexibility index (Phi) is 7.72. The van der Waals surface area contributed by atoms with Crippen molar-refractivity contribution in [3.8, 4) is 0 Å². The molecular weight excluding hydrogens is 380 g/mol. The maximum absolute atomic E-state index is 12.3. The zero-order chi connectivity index (χ0) is 22.8. The van der Waals surface area contributed by atoms with Crippen LogP contribution in [0.3, 0.4) is 0 Å². The van der Waals surface area contributed by atoms with Crippen molar-refractivity contribution in [1.82, 2.24) is 0 Å². The van der Waals surface area contributed by atoms with Crippen LogP contribution in [0.15, 0.2) is 35.5 Å². The number of aliphatic hydroxyl groups is 1. The van der Waals surface area contributed by atoms with Crippen molar-refractivity contribution in [3.63, 3.8) is 0 Å². The molecule has 3 aliphatic rings. The molecular formula is C29H46O2. The van der Waals surface area contributed by atoms with Gasteiger partial charge in [-0.15, -0.1) is 0 Å². The highest BCUT2D eigenvalue weighted by molar-refractivity contribution is 5.83. The Morgan fingerprint density at radius 1 is 1.19 bits per heavy atom. The molecule has 2 heteroatoms. The fourth-order valence-corrected chi connectivity index (χ4v) is 6.81. The number of hydrogen-bond acceptors (Lipinski definition) is 2. The summed E-state index contributed by atoms with van der Waals surface area (Å²) in [5.74, 6) is 2.56. The lowest BCUT2D eigenvalue weighted by Gasteiger charge is -2.44. The normalized spacial score (nSPS) is 35.4. The summed E-state index contributed by atoms with van der Waals surface area (Å²) in [4.78, 5) is 12.3. The third-order valence-corrected chi connectivity index (χ3v) is 8.86. The van der Waals surface area contributed by atoms with Gasteiger partial charge >= 0.3 is 0 Å². The van der Waals surface area contributed by atoms with Crippen molar-refractivity contribution < 1.29 is 9.90 Å². The van der Waals surface area contributed by atoms with Gasteiger partial charge in [-0.25, -0.2) is 0 Å². The largest absolute Gasteiger partial charge is 0.388 e. The summed E-state index contributed by atoms with van der Waals surface area (Å²) in [6.45, 7) is 15.2. The molecule has 0 aromatic rings. The molecule has 31 heavy (non-hydrogen) atoms. The molecule has 1 unspecified atom stereocenters. The van der Waals surface area contributed by atoms with E-state index >= 15 is 0 Å². The second-order valence-electron chi connectivity index (χ2n) is 12.0. The van der Waals surface area contributed by atoms with Gasteiger partial charge in [0, 0.05) is 11.8 Å². The zero-order valence-electron chi connectivity index (χ0n) is 20.8. The average Bonchev–Trinajstić information content (AvgIpc) is 3.05. The number of carbonyl (C=O) groups excluding carboxylic acids is 1. The van der Waals surface area contributed by atoms with E-state index in [1.807, 2.05) is 20.8 Å². The van der Waals surface area contributed by atoms with Gasteiger partial charge in [0.1, 0.15) is 5.78 Å². The Bertz CT molecular complexity index is 734. The van der Waals surface area contributed by atoms with E-state index in [1.54, 1.807) is 5.57 Å². The minimum absolute atomic E-state index is 0.203. The quantitative estimate of drug-likeness (QED) is 0.475. The van der Waals surface area contributed by atoms with Crippen LogP contribution in [-0.2, 0) is 4.79 Å². The van der Waals surface area contributed by atoms with E-state index in [9.17, 15) is 9.90 Å². The summed E-state index contributed by atoms with van der Waals surface area (Å²) < 4.78 is 0. The highest BCUT2D eigenvalue weighted by Crippen LogP contribution is 2.60. The monoisotopic (exact) mass is 426 g/mol. The van der Waals surface area contributed by atoms with Crippen LogP contribution < -0.4 is 0 Å². The van der Waals surface area contributed by atoms with E-state index < -0.39 is 0 Å². The standard InChI is InChI=1S/C29H46O2/c1-20(10-7-14-27(31)28(3,4)5)24-17-18-25-23(12-9-19-29(24,25)6)16-15-22-11-8-13-26(30)21(22)2/h15-16,20,24-26,30H,2,7-14,17-19H2,1,3-6H3/b22-15-,23-16+/t20-,24-,25+,26-,29?/m1/s1. The molecule has 0 aliphatic heterocycles. The molecule has 3 fully saturated rings. The van der Waals surface area contributed by atoms with Gasteiger partial charge in [0.05, 0.1) is 6.10 Å². The molecule has 3 saturated carbocycles. The van der Waals surface area contributed by atoms with Crippen molar-refractivity contribution in [1.29, 1.82) is 0 Å². The Balaban J connectivity index is 1.65. The van der Waals surface area contributed by atoms with Crippen molar-refractivity contribution in [2.24, 2.45) is 28.6 Å². The van der Waals surface area contributed by atoms with Crippen LogP contribution in [0.1, 0.15) is 105 Å². The second-order valence-corrected chi connectivity index (χ2v) is 12.0. The molecule has 0 amide bonds. The fourth-order valence-electron chi connectivity index (χ4n) is 6.81. The summed E-state index contributed by atoms with van der Waals surface area (Å²) in [5, 5.41) is 10.1. The van der Waals surface area contributed by atoms with E-state index in [2.05, 4.69) is 32.6 Å². The third kappa shape index (κ3) is 5.44. The number of carbonyl (C=O) groups is 1. The Labute approximate surface area is 191 Å². The van der Waals surface area contributed by atoms with E-state index in [0.29, 0.717) is 23.0 Å². The fraction of sp³-hybridized carbons (Fsp3) is 0.759. The number of aliphatic hydroxyl groups excluding tert-OH is 1. The minimum atomic E-state index is -0.350. The van der Waals surface area contributed by atoms with E-state index in [1.165, 1.54) is 44.1 Å². The minimum Gasteiger partial charge on any atom is -0.388 e. The topological polar surface area (TPSA) is 37.3 Å². The predicted octanol–water partition coefficient (Wildman–Crippen LogP) is 7.58. The summed E-state index contributed by atoms with van der Waals surface area (Å²) in [5.41, 5.74) is 4.02. The third-order valence-electron chi connectivity index (χ3n) is 8.86. The molecule has 1 N–H and O–H groups in total. The van der Waals surface area contributed by atoms with Crippen molar-refractivity contribution >= 4 is 5.78 Å². The van der Waals surface area contributed by atoms with Crippen LogP contribution in [-0.4, -0.2) is 17.0 Å². The van der Waals surface area contributed by atoms with Crippen LogP contribution in [0.2, 0.25) is 0 Å². The van der Waals surface area contributed by atoms with Gasteiger partial charge in [-0.1, -0.05) is 65.3 Å². The molecule has 0 aromatic heterocycles. The van der Waals surface area contributed by atoms with E-state index in [4.69, 9.17) is 0 Å². The van der Waals surface area contributed by atoms with Crippen LogP contribution in [0.4, 0.5) is 0 Å². The lowest BCUT2D eigenvalue weighted by atomic mass is 9.60. The highest BCUT2D eigenvalue weighted by atomic mass is 16.3. The highest BCUT2D eigenvalue weighted by Gasteiger charge is 2.50. The SMILES string of the molecule is C=C1/C(=C\C=C2/CCCC3(C)[C@@H]([C@H](C)CCCC(=O)C(C)(C)C)CC[C@@H]23)CCC[C@H]1O. The molecule has 174 valence electrons. The predicted molar refractivity (Wildman–Crippen MR) is 131 cm³/mol. The van der Waals surface area contributed by atoms with Gasteiger partial charge in [-0.2, -0.15) is 0 Å². The molecule has 0 radical (unpaired) electrons. The molecule has 0 aromatic carbocycles. The molecule has 5 atom stereocenters. The summed E-state index contributed by atoms with van der Waals surface area (Å²) in [7, 11) is 0. The molecule has 0 saturated heterocycles.